The van der Waals surface area contributed by atoms with Crippen LogP contribution >= 0.6 is 0 Å². The third-order valence-electron chi connectivity index (χ3n) is 4.09. The Hall–Kier alpha value is -3.54. The number of hydrogen-bond acceptors (Lipinski definition) is 6. The van der Waals surface area contributed by atoms with E-state index in [-0.39, 0.29) is 25.3 Å². The molecule has 3 rings (SSSR count). The Kier molecular flexibility index (Phi) is 5.26. The third-order valence-corrected chi connectivity index (χ3v) is 4.09. The fourth-order valence-corrected chi connectivity index (χ4v) is 2.69. The smallest absolute Gasteiger partial charge is 0.331 e. The standard InChI is InChI=1S/C18H18N4O5/c1-2-21-9-12(7-19)17(24)22(18(21)25)10-16(23)20-8-13-11-26-14-5-3-4-6-15(14)27-13/h3-6,9,13H,2,8,10-11H2,1H3,(H,20,23). The van der Waals surface area contributed by atoms with Gasteiger partial charge in [-0.25, -0.2) is 9.36 Å². The molecular weight excluding hydrogens is 352 g/mol. The normalized spacial score (nSPS) is 15.0. The van der Waals surface area contributed by atoms with Crippen molar-refractivity contribution in [3.8, 4) is 17.6 Å². The molecular formula is C18H18N4O5. The average Bonchev–Trinajstić information content (AvgIpc) is 2.69. The largest absolute Gasteiger partial charge is 0.486 e. The van der Waals surface area contributed by atoms with Gasteiger partial charge >= 0.3 is 5.69 Å². The Balaban J connectivity index is 1.66. The molecule has 0 radical (unpaired) electrons. The molecule has 0 spiro atoms. The zero-order chi connectivity index (χ0) is 19.4. The van der Waals surface area contributed by atoms with E-state index in [1.165, 1.54) is 10.8 Å². The number of aromatic nitrogens is 2. The summed E-state index contributed by atoms with van der Waals surface area (Å²) in [7, 11) is 0. The van der Waals surface area contributed by atoms with Gasteiger partial charge in [0.15, 0.2) is 11.5 Å². The van der Waals surface area contributed by atoms with Crippen LogP contribution in [-0.2, 0) is 17.9 Å². The van der Waals surface area contributed by atoms with E-state index in [9.17, 15) is 14.4 Å². The molecule has 2 aromatic rings. The summed E-state index contributed by atoms with van der Waals surface area (Å²) in [4.78, 5) is 36.6. The summed E-state index contributed by atoms with van der Waals surface area (Å²) >= 11 is 0. The van der Waals surface area contributed by atoms with Gasteiger partial charge in [0.25, 0.3) is 5.56 Å². The SMILES string of the molecule is CCn1cc(C#N)c(=O)n(CC(=O)NCC2COc3ccccc3O2)c1=O. The van der Waals surface area contributed by atoms with Gasteiger partial charge in [0, 0.05) is 12.7 Å². The van der Waals surface area contributed by atoms with Crippen LogP contribution in [0.25, 0.3) is 0 Å². The van der Waals surface area contributed by atoms with E-state index in [0.717, 1.165) is 4.57 Å². The highest BCUT2D eigenvalue weighted by atomic mass is 16.6. The van der Waals surface area contributed by atoms with Crippen LogP contribution in [0.5, 0.6) is 11.5 Å². The molecule has 0 aliphatic carbocycles. The maximum atomic E-state index is 12.3. The van der Waals surface area contributed by atoms with Gasteiger partial charge in [0.2, 0.25) is 5.91 Å². The molecule has 140 valence electrons. The van der Waals surface area contributed by atoms with E-state index in [4.69, 9.17) is 14.7 Å². The van der Waals surface area contributed by atoms with Gasteiger partial charge in [-0.3, -0.25) is 14.2 Å². The Morgan fingerprint density at radius 2 is 2.07 bits per heavy atom. The van der Waals surface area contributed by atoms with Crippen LogP contribution in [-0.4, -0.2) is 34.3 Å². The number of nitrogens with one attached hydrogen (secondary N) is 1. The van der Waals surface area contributed by atoms with Crippen molar-refractivity contribution in [3.63, 3.8) is 0 Å². The Bertz CT molecular complexity index is 1020. The number of nitriles is 1. The average molecular weight is 370 g/mol. The molecule has 1 atom stereocenters. The summed E-state index contributed by atoms with van der Waals surface area (Å²) in [6, 6.07) is 8.95. The van der Waals surface area contributed by atoms with Crippen LogP contribution in [0.15, 0.2) is 40.1 Å². The van der Waals surface area contributed by atoms with Gasteiger partial charge in [0.05, 0.1) is 6.54 Å². The molecule has 0 bridgehead atoms. The first-order chi connectivity index (χ1) is 13.0. The fourth-order valence-electron chi connectivity index (χ4n) is 2.69. The van der Waals surface area contributed by atoms with Gasteiger partial charge in [-0.15, -0.1) is 0 Å². The predicted molar refractivity (Wildman–Crippen MR) is 94.7 cm³/mol. The van der Waals surface area contributed by atoms with Crippen molar-refractivity contribution in [2.24, 2.45) is 0 Å². The minimum Gasteiger partial charge on any atom is -0.486 e. The van der Waals surface area contributed by atoms with Crippen LogP contribution in [0.3, 0.4) is 0 Å². The summed E-state index contributed by atoms with van der Waals surface area (Å²) in [5.74, 6) is 0.696. The minimum atomic E-state index is -0.784. The number of aryl methyl sites for hydroxylation is 1. The highest BCUT2D eigenvalue weighted by molar-refractivity contribution is 5.75. The number of para-hydroxylation sites is 2. The summed E-state index contributed by atoms with van der Waals surface area (Å²) in [5, 5.41) is 11.7. The molecule has 2 heterocycles. The number of hydrogen-bond donors (Lipinski definition) is 1. The molecule has 0 saturated carbocycles. The van der Waals surface area contributed by atoms with Crippen LogP contribution in [0.1, 0.15) is 12.5 Å². The number of ether oxygens (including phenoxy) is 2. The summed E-state index contributed by atoms with van der Waals surface area (Å²) in [6.07, 6.45) is 0.808. The number of fused-ring (bicyclic) bond motifs is 1. The monoisotopic (exact) mass is 370 g/mol. The maximum Gasteiger partial charge on any atom is 0.331 e. The topological polar surface area (TPSA) is 115 Å². The highest BCUT2D eigenvalue weighted by Crippen LogP contribution is 2.30. The first kappa shape index (κ1) is 18.3. The summed E-state index contributed by atoms with van der Waals surface area (Å²) < 4.78 is 13.3. The van der Waals surface area contributed by atoms with Crippen molar-refractivity contribution in [2.75, 3.05) is 13.2 Å². The van der Waals surface area contributed by atoms with E-state index in [0.29, 0.717) is 11.5 Å². The van der Waals surface area contributed by atoms with E-state index in [2.05, 4.69) is 5.32 Å². The van der Waals surface area contributed by atoms with Crippen LogP contribution in [0.4, 0.5) is 0 Å². The van der Waals surface area contributed by atoms with Crippen molar-refractivity contribution in [1.82, 2.24) is 14.5 Å². The second kappa shape index (κ2) is 7.78. The quantitative estimate of drug-likeness (QED) is 0.783. The maximum absolute atomic E-state index is 12.3. The Morgan fingerprint density at radius 3 is 2.78 bits per heavy atom. The first-order valence-electron chi connectivity index (χ1n) is 8.43. The number of carbonyl (C=O) groups is 1. The van der Waals surface area contributed by atoms with Gasteiger partial charge in [0.1, 0.15) is 30.9 Å². The van der Waals surface area contributed by atoms with Gasteiger partial charge < -0.3 is 14.8 Å². The van der Waals surface area contributed by atoms with Gasteiger partial charge in [-0.05, 0) is 19.1 Å². The molecule has 1 aromatic carbocycles. The summed E-state index contributed by atoms with van der Waals surface area (Å²) in [6.45, 7) is 1.93. The molecule has 0 fully saturated rings. The molecule has 1 amide bonds. The van der Waals surface area contributed by atoms with Crippen molar-refractivity contribution in [2.45, 2.75) is 26.1 Å². The lowest BCUT2D eigenvalue weighted by Gasteiger charge is -2.26. The second-order valence-corrected chi connectivity index (χ2v) is 5.92. The Morgan fingerprint density at radius 1 is 1.33 bits per heavy atom. The number of carbonyl (C=O) groups excluding carboxylic acids is 1. The van der Waals surface area contributed by atoms with E-state index in [1.807, 2.05) is 12.1 Å². The lowest BCUT2D eigenvalue weighted by atomic mass is 10.2. The zero-order valence-corrected chi connectivity index (χ0v) is 14.7. The summed E-state index contributed by atoms with van der Waals surface area (Å²) in [5.41, 5.74) is -1.61. The molecule has 27 heavy (non-hydrogen) atoms. The van der Waals surface area contributed by atoms with E-state index in [1.54, 1.807) is 25.1 Å². The van der Waals surface area contributed by atoms with Crippen molar-refractivity contribution < 1.29 is 14.3 Å². The van der Waals surface area contributed by atoms with Crippen molar-refractivity contribution in [1.29, 1.82) is 5.26 Å². The molecule has 1 aromatic heterocycles. The zero-order valence-electron chi connectivity index (χ0n) is 14.7. The predicted octanol–water partition coefficient (Wildman–Crippen LogP) is -0.142. The second-order valence-electron chi connectivity index (χ2n) is 5.92. The van der Waals surface area contributed by atoms with Crippen LogP contribution in [0.2, 0.25) is 0 Å². The number of rotatable bonds is 5. The molecule has 9 nitrogen and oxygen atoms in total. The first-order valence-corrected chi connectivity index (χ1v) is 8.43. The third kappa shape index (κ3) is 3.84. The van der Waals surface area contributed by atoms with Gasteiger partial charge in [-0.2, -0.15) is 5.26 Å². The van der Waals surface area contributed by atoms with Crippen LogP contribution in [0, 0.1) is 11.3 Å². The molecule has 9 heteroatoms. The van der Waals surface area contributed by atoms with E-state index < -0.39 is 29.8 Å². The number of nitrogens with zero attached hydrogens (tertiary/aromatic N) is 3. The Labute approximate surface area is 154 Å². The fraction of sp³-hybridized carbons (Fsp3) is 0.333. The van der Waals surface area contributed by atoms with E-state index >= 15 is 0 Å². The lowest BCUT2D eigenvalue weighted by molar-refractivity contribution is -0.122. The van der Waals surface area contributed by atoms with Crippen molar-refractivity contribution >= 4 is 5.91 Å². The molecule has 1 unspecified atom stereocenters. The molecule has 0 saturated heterocycles. The van der Waals surface area contributed by atoms with Crippen molar-refractivity contribution in [3.05, 3.63) is 56.9 Å². The van der Waals surface area contributed by atoms with Gasteiger partial charge in [-0.1, -0.05) is 12.1 Å². The van der Waals surface area contributed by atoms with Crippen LogP contribution < -0.4 is 26.0 Å². The molecule has 1 aliphatic rings. The molecule has 1 aliphatic heterocycles. The molecule has 1 N–H and O–H groups in total. The minimum absolute atomic E-state index is 0.155. The number of amides is 1. The lowest BCUT2D eigenvalue weighted by Crippen LogP contribution is -2.46. The number of benzene rings is 1. The highest BCUT2D eigenvalue weighted by Gasteiger charge is 2.21.